The van der Waals surface area contributed by atoms with E-state index in [1.54, 1.807) is 55.5 Å². The topological polar surface area (TPSA) is 72.6 Å². The molecule has 0 aliphatic carbocycles. The minimum absolute atomic E-state index is 0.147. The number of hydrogen-bond donors (Lipinski definition) is 1. The van der Waals surface area contributed by atoms with E-state index in [4.69, 9.17) is 10.5 Å². The molecule has 22 heavy (non-hydrogen) atoms. The molecule has 0 aromatic heterocycles. The molecule has 0 unspecified atom stereocenters. The van der Waals surface area contributed by atoms with E-state index in [1.807, 2.05) is 6.07 Å². The quantitative estimate of drug-likeness (QED) is 0.680. The third-order valence-corrected chi connectivity index (χ3v) is 3.06. The van der Waals surface area contributed by atoms with E-state index in [9.17, 15) is 9.59 Å². The SMILES string of the molecule is CCOC(=O)CN(C(=O)c1ccccc1)c1ccc(N)cc1. The third kappa shape index (κ3) is 3.85. The Labute approximate surface area is 129 Å². The lowest BCUT2D eigenvalue weighted by molar-refractivity contribution is -0.141. The van der Waals surface area contributed by atoms with E-state index in [1.165, 1.54) is 4.90 Å². The molecule has 114 valence electrons. The first kappa shape index (κ1) is 15.6. The van der Waals surface area contributed by atoms with Crippen LogP contribution in [0.1, 0.15) is 17.3 Å². The predicted molar refractivity (Wildman–Crippen MR) is 85.6 cm³/mol. The fraction of sp³-hybridized carbons (Fsp3) is 0.176. The van der Waals surface area contributed by atoms with E-state index in [-0.39, 0.29) is 19.1 Å². The van der Waals surface area contributed by atoms with Crippen LogP contribution in [0.2, 0.25) is 0 Å². The van der Waals surface area contributed by atoms with Gasteiger partial charge in [-0.1, -0.05) is 18.2 Å². The smallest absolute Gasteiger partial charge is 0.326 e. The average molecular weight is 298 g/mol. The molecule has 0 atom stereocenters. The van der Waals surface area contributed by atoms with Gasteiger partial charge in [0.1, 0.15) is 6.54 Å². The summed E-state index contributed by atoms with van der Waals surface area (Å²) in [6, 6.07) is 15.6. The van der Waals surface area contributed by atoms with E-state index < -0.39 is 5.97 Å². The molecule has 0 spiro atoms. The molecule has 2 rings (SSSR count). The van der Waals surface area contributed by atoms with Gasteiger partial charge in [0.15, 0.2) is 0 Å². The second kappa shape index (κ2) is 7.26. The number of hydrogen-bond acceptors (Lipinski definition) is 4. The van der Waals surface area contributed by atoms with Crippen LogP contribution in [0.4, 0.5) is 11.4 Å². The highest BCUT2D eigenvalue weighted by Gasteiger charge is 2.21. The van der Waals surface area contributed by atoms with Gasteiger partial charge < -0.3 is 10.5 Å². The van der Waals surface area contributed by atoms with Crippen LogP contribution in [-0.4, -0.2) is 25.0 Å². The largest absolute Gasteiger partial charge is 0.465 e. The lowest BCUT2D eigenvalue weighted by Crippen LogP contribution is -2.36. The Morgan fingerprint density at radius 1 is 1.05 bits per heavy atom. The maximum Gasteiger partial charge on any atom is 0.326 e. The maximum absolute atomic E-state index is 12.7. The van der Waals surface area contributed by atoms with Crippen molar-refractivity contribution in [1.29, 1.82) is 0 Å². The second-order valence-electron chi connectivity index (χ2n) is 4.65. The Balaban J connectivity index is 2.30. The molecule has 0 saturated heterocycles. The molecule has 0 saturated carbocycles. The van der Waals surface area contributed by atoms with Crippen LogP contribution >= 0.6 is 0 Å². The summed E-state index contributed by atoms with van der Waals surface area (Å²) in [6.07, 6.45) is 0. The van der Waals surface area contributed by atoms with Crippen LogP contribution < -0.4 is 10.6 Å². The molecule has 2 aromatic carbocycles. The number of nitrogens with zero attached hydrogens (tertiary/aromatic N) is 1. The molecule has 0 heterocycles. The number of anilines is 2. The number of ether oxygens (including phenoxy) is 1. The zero-order valence-corrected chi connectivity index (χ0v) is 12.4. The highest BCUT2D eigenvalue weighted by molar-refractivity contribution is 6.08. The zero-order valence-electron chi connectivity index (χ0n) is 12.4. The second-order valence-corrected chi connectivity index (χ2v) is 4.65. The number of rotatable bonds is 5. The van der Waals surface area contributed by atoms with Crippen molar-refractivity contribution in [3.8, 4) is 0 Å². The minimum atomic E-state index is -0.455. The number of benzene rings is 2. The maximum atomic E-state index is 12.7. The molecule has 5 heteroatoms. The standard InChI is InChI=1S/C17H18N2O3/c1-2-22-16(20)12-19(15-10-8-14(18)9-11-15)17(21)13-6-4-3-5-7-13/h3-11H,2,12,18H2,1H3. The molecule has 5 nitrogen and oxygen atoms in total. The summed E-state index contributed by atoms with van der Waals surface area (Å²) in [7, 11) is 0. The summed E-state index contributed by atoms with van der Waals surface area (Å²) in [5.74, 6) is -0.720. The Morgan fingerprint density at radius 2 is 1.68 bits per heavy atom. The van der Waals surface area contributed by atoms with Crippen molar-refractivity contribution in [1.82, 2.24) is 0 Å². The van der Waals surface area contributed by atoms with Crippen LogP contribution in [-0.2, 0) is 9.53 Å². The molecule has 0 fully saturated rings. The summed E-state index contributed by atoms with van der Waals surface area (Å²) < 4.78 is 4.95. The first-order valence-corrected chi connectivity index (χ1v) is 7.00. The number of nitrogen functional groups attached to an aromatic ring is 1. The molecule has 2 N–H and O–H groups in total. The highest BCUT2D eigenvalue weighted by atomic mass is 16.5. The van der Waals surface area contributed by atoms with Crippen molar-refractivity contribution >= 4 is 23.3 Å². The lowest BCUT2D eigenvalue weighted by atomic mass is 10.1. The van der Waals surface area contributed by atoms with Crippen LogP contribution in [0.3, 0.4) is 0 Å². The Morgan fingerprint density at radius 3 is 2.27 bits per heavy atom. The molecule has 0 radical (unpaired) electrons. The lowest BCUT2D eigenvalue weighted by Gasteiger charge is -2.22. The van der Waals surface area contributed by atoms with Gasteiger partial charge in [0.2, 0.25) is 0 Å². The molecule has 0 aliphatic rings. The summed E-state index contributed by atoms with van der Waals surface area (Å²) in [5.41, 5.74) is 7.35. The number of amides is 1. The first-order valence-electron chi connectivity index (χ1n) is 7.00. The molecule has 2 aromatic rings. The normalized spacial score (nSPS) is 10.0. The Bertz CT molecular complexity index is 639. The Kier molecular flexibility index (Phi) is 5.14. The number of carbonyl (C=O) groups is 2. The summed E-state index contributed by atoms with van der Waals surface area (Å²) in [6.45, 7) is 1.85. The number of esters is 1. The van der Waals surface area contributed by atoms with Crippen LogP contribution in [0, 0.1) is 0 Å². The van der Waals surface area contributed by atoms with Crippen molar-refractivity contribution in [2.24, 2.45) is 0 Å². The predicted octanol–water partition coefficient (Wildman–Crippen LogP) is 2.48. The summed E-state index contributed by atoms with van der Waals surface area (Å²) in [4.78, 5) is 25.8. The summed E-state index contributed by atoms with van der Waals surface area (Å²) >= 11 is 0. The van der Waals surface area contributed by atoms with Gasteiger partial charge in [-0.3, -0.25) is 14.5 Å². The van der Waals surface area contributed by atoms with Crippen LogP contribution in [0.25, 0.3) is 0 Å². The van der Waals surface area contributed by atoms with Crippen LogP contribution in [0.5, 0.6) is 0 Å². The van der Waals surface area contributed by atoms with Crippen molar-refractivity contribution in [2.75, 3.05) is 23.8 Å². The van der Waals surface area contributed by atoms with E-state index >= 15 is 0 Å². The van der Waals surface area contributed by atoms with Gasteiger partial charge >= 0.3 is 5.97 Å². The fourth-order valence-corrected chi connectivity index (χ4v) is 2.01. The van der Waals surface area contributed by atoms with Gasteiger partial charge in [0, 0.05) is 16.9 Å². The number of carbonyl (C=O) groups excluding carboxylic acids is 2. The highest BCUT2D eigenvalue weighted by Crippen LogP contribution is 2.19. The van der Waals surface area contributed by atoms with Gasteiger partial charge in [0.25, 0.3) is 5.91 Å². The van der Waals surface area contributed by atoms with Gasteiger partial charge in [-0.2, -0.15) is 0 Å². The van der Waals surface area contributed by atoms with Crippen molar-refractivity contribution in [2.45, 2.75) is 6.92 Å². The first-order chi connectivity index (χ1) is 10.6. The average Bonchev–Trinajstić information content (AvgIpc) is 2.54. The van der Waals surface area contributed by atoms with Gasteiger partial charge in [-0.15, -0.1) is 0 Å². The summed E-state index contributed by atoms with van der Waals surface area (Å²) in [5, 5.41) is 0. The van der Waals surface area contributed by atoms with Gasteiger partial charge in [-0.05, 0) is 43.3 Å². The zero-order chi connectivity index (χ0) is 15.9. The Hall–Kier alpha value is -2.82. The molecule has 0 aliphatic heterocycles. The monoisotopic (exact) mass is 298 g/mol. The van der Waals surface area contributed by atoms with Crippen molar-refractivity contribution in [3.63, 3.8) is 0 Å². The third-order valence-electron chi connectivity index (χ3n) is 3.06. The molecule has 1 amide bonds. The van der Waals surface area contributed by atoms with E-state index in [2.05, 4.69) is 0 Å². The van der Waals surface area contributed by atoms with E-state index in [0.717, 1.165) is 0 Å². The fourth-order valence-electron chi connectivity index (χ4n) is 2.01. The number of nitrogens with two attached hydrogens (primary N) is 1. The van der Waals surface area contributed by atoms with Crippen molar-refractivity contribution < 1.29 is 14.3 Å². The van der Waals surface area contributed by atoms with Gasteiger partial charge in [-0.25, -0.2) is 0 Å². The molecular weight excluding hydrogens is 280 g/mol. The van der Waals surface area contributed by atoms with Crippen LogP contribution in [0.15, 0.2) is 54.6 Å². The molecular formula is C17H18N2O3. The molecule has 0 bridgehead atoms. The van der Waals surface area contributed by atoms with E-state index in [0.29, 0.717) is 16.9 Å². The van der Waals surface area contributed by atoms with Gasteiger partial charge in [0.05, 0.1) is 6.61 Å². The van der Waals surface area contributed by atoms with Crippen molar-refractivity contribution in [3.05, 3.63) is 60.2 Å². The minimum Gasteiger partial charge on any atom is -0.465 e.